The molecule has 2 heterocycles. The maximum absolute atomic E-state index is 12.6. The van der Waals surface area contributed by atoms with Gasteiger partial charge < -0.3 is 15.1 Å². The Morgan fingerprint density at radius 2 is 1.96 bits per heavy atom. The van der Waals surface area contributed by atoms with Crippen molar-refractivity contribution >= 4 is 36.4 Å². The first kappa shape index (κ1) is 20.1. The van der Waals surface area contributed by atoms with Gasteiger partial charge in [0.2, 0.25) is 5.91 Å². The van der Waals surface area contributed by atoms with E-state index >= 15 is 0 Å². The van der Waals surface area contributed by atoms with E-state index in [1.165, 1.54) is 5.69 Å². The van der Waals surface area contributed by atoms with Crippen LogP contribution in [0.2, 0.25) is 0 Å². The maximum Gasteiger partial charge on any atom is 0.227 e. The molecule has 6 heteroatoms. The number of nitrogens with zero attached hydrogens (tertiary/aromatic N) is 2. The van der Waals surface area contributed by atoms with E-state index in [0.717, 1.165) is 45.4 Å². The summed E-state index contributed by atoms with van der Waals surface area (Å²) in [5, 5.41) is 3.29. The van der Waals surface area contributed by atoms with Crippen molar-refractivity contribution in [2.45, 2.75) is 25.3 Å². The topological polar surface area (TPSA) is 35.6 Å². The number of likely N-dealkylation sites (N-methyl/N-ethyl adjacent to an activating group) is 1. The molecule has 0 saturated carbocycles. The second kappa shape index (κ2) is 9.36. The number of nitrogens with one attached hydrogen (secondary N) is 1. The van der Waals surface area contributed by atoms with Gasteiger partial charge in [-0.3, -0.25) is 4.79 Å². The molecule has 2 aliphatic heterocycles. The van der Waals surface area contributed by atoms with E-state index in [2.05, 4.69) is 34.5 Å². The molecule has 0 radical (unpaired) electrons. The number of hydrogen-bond donors (Lipinski definition) is 1. The van der Waals surface area contributed by atoms with E-state index in [1.54, 1.807) is 0 Å². The van der Waals surface area contributed by atoms with Crippen LogP contribution in [0.15, 0.2) is 30.3 Å². The van der Waals surface area contributed by atoms with Crippen molar-refractivity contribution in [3.63, 3.8) is 0 Å². The molecule has 1 aromatic carbocycles. The number of carbonyl (C=O) groups is 1. The molecule has 2 atom stereocenters. The van der Waals surface area contributed by atoms with Gasteiger partial charge in [0.05, 0.1) is 5.92 Å². The zero-order valence-electron chi connectivity index (χ0n) is 13.6. The summed E-state index contributed by atoms with van der Waals surface area (Å²) in [5.41, 5.74) is 1.27. The number of carbonyl (C=O) groups excluding carboxylic acids is 1. The smallest absolute Gasteiger partial charge is 0.227 e. The van der Waals surface area contributed by atoms with Crippen molar-refractivity contribution in [2.24, 2.45) is 5.92 Å². The predicted molar refractivity (Wildman–Crippen MR) is 99.9 cm³/mol. The molecule has 0 spiro atoms. The van der Waals surface area contributed by atoms with Crippen LogP contribution in [0.25, 0.3) is 0 Å². The Balaban J connectivity index is 0.00000132. The molecule has 2 fully saturated rings. The highest BCUT2D eigenvalue weighted by Crippen LogP contribution is 2.23. The lowest BCUT2D eigenvalue weighted by molar-refractivity contribution is -0.135. The minimum Gasteiger partial charge on any atom is -0.369 e. The lowest BCUT2D eigenvalue weighted by Crippen LogP contribution is -2.50. The van der Waals surface area contributed by atoms with Crippen LogP contribution in [0.5, 0.6) is 0 Å². The SMILES string of the molecule is CN(C(=O)C1CCNC1)C1CCCN(c2ccccc2)C1.Cl.Cl. The van der Waals surface area contributed by atoms with Gasteiger partial charge in [-0.15, -0.1) is 24.8 Å². The molecule has 2 aliphatic rings. The van der Waals surface area contributed by atoms with E-state index in [0.29, 0.717) is 11.9 Å². The third-order valence-electron chi connectivity index (χ3n) is 4.82. The zero-order chi connectivity index (χ0) is 14.7. The largest absolute Gasteiger partial charge is 0.369 e. The Labute approximate surface area is 151 Å². The Hall–Kier alpha value is -0.970. The Morgan fingerprint density at radius 1 is 1.22 bits per heavy atom. The van der Waals surface area contributed by atoms with Gasteiger partial charge in [-0.1, -0.05) is 18.2 Å². The number of hydrogen-bond acceptors (Lipinski definition) is 3. The van der Waals surface area contributed by atoms with Crippen molar-refractivity contribution in [1.82, 2.24) is 10.2 Å². The number of para-hydroxylation sites is 1. The summed E-state index contributed by atoms with van der Waals surface area (Å²) in [6, 6.07) is 10.9. The van der Waals surface area contributed by atoms with E-state index in [9.17, 15) is 4.79 Å². The third kappa shape index (κ3) is 4.75. The summed E-state index contributed by atoms with van der Waals surface area (Å²) in [6.45, 7) is 3.86. The molecule has 2 saturated heterocycles. The predicted octanol–water partition coefficient (Wildman–Crippen LogP) is 2.57. The van der Waals surface area contributed by atoms with E-state index in [1.807, 2.05) is 18.0 Å². The number of benzene rings is 1. The van der Waals surface area contributed by atoms with Crippen LogP contribution in [0.4, 0.5) is 5.69 Å². The first-order valence-electron chi connectivity index (χ1n) is 8.03. The molecule has 3 rings (SSSR count). The normalized spacial score (nSPS) is 23.6. The number of anilines is 1. The summed E-state index contributed by atoms with van der Waals surface area (Å²) in [5.74, 6) is 0.502. The van der Waals surface area contributed by atoms with Crippen LogP contribution >= 0.6 is 24.8 Å². The summed E-state index contributed by atoms with van der Waals surface area (Å²) < 4.78 is 0. The number of amides is 1. The fraction of sp³-hybridized carbons (Fsp3) is 0.588. The molecule has 0 bridgehead atoms. The molecule has 23 heavy (non-hydrogen) atoms. The summed E-state index contributed by atoms with van der Waals surface area (Å²) >= 11 is 0. The standard InChI is InChI=1S/C17H25N3O.2ClH/c1-19(17(21)14-9-10-18-12-14)16-8-5-11-20(13-16)15-6-3-2-4-7-15;;/h2-4,6-7,14,16,18H,5,8-13H2,1H3;2*1H. The molecule has 1 amide bonds. The van der Waals surface area contributed by atoms with E-state index < -0.39 is 0 Å². The van der Waals surface area contributed by atoms with Crippen molar-refractivity contribution in [3.05, 3.63) is 30.3 Å². The van der Waals surface area contributed by atoms with Crippen LogP contribution in [0.3, 0.4) is 0 Å². The van der Waals surface area contributed by atoms with Crippen molar-refractivity contribution in [1.29, 1.82) is 0 Å². The Bertz CT molecular complexity index is 480. The van der Waals surface area contributed by atoms with Gasteiger partial charge in [0.1, 0.15) is 0 Å². The second-order valence-electron chi connectivity index (χ2n) is 6.22. The molecule has 0 aliphatic carbocycles. The van der Waals surface area contributed by atoms with Gasteiger partial charge in [0, 0.05) is 38.4 Å². The van der Waals surface area contributed by atoms with Gasteiger partial charge in [-0.05, 0) is 37.9 Å². The lowest BCUT2D eigenvalue weighted by atomic mass is 10.0. The average Bonchev–Trinajstić information content (AvgIpc) is 3.09. The number of piperidine rings is 1. The second-order valence-corrected chi connectivity index (χ2v) is 6.22. The molecule has 0 aromatic heterocycles. The van der Waals surface area contributed by atoms with Gasteiger partial charge in [-0.2, -0.15) is 0 Å². The van der Waals surface area contributed by atoms with Gasteiger partial charge in [-0.25, -0.2) is 0 Å². The van der Waals surface area contributed by atoms with Gasteiger partial charge >= 0.3 is 0 Å². The fourth-order valence-electron chi connectivity index (χ4n) is 3.48. The molecule has 1 N–H and O–H groups in total. The summed E-state index contributed by atoms with van der Waals surface area (Å²) in [4.78, 5) is 17.0. The van der Waals surface area contributed by atoms with Crippen molar-refractivity contribution < 1.29 is 4.79 Å². The highest BCUT2D eigenvalue weighted by Gasteiger charge is 2.31. The summed E-state index contributed by atoms with van der Waals surface area (Å²) in [7, 11) is 1.99. The van der Waals surface area contributed by atoms with Crippen LogP contribution in [-0.4, -0.2) is 50.1 Å². The first-order valence-corrected chi connectivity index (χ1v) is 8.03. The minimum atomic E-state index is 0. The minimum absolute atomic E-state index is 0. The number of rotatable bonds is 3. The monoisotopic (exact) mass is 359 g/mol. The van der Waals surface area contributed by atoms with Gasteiger partial charge in [0.25, 0.3) is 0 Å². The van der Waals surface area contributed by atoms with Crippen LogP contribution in [0.1, 0.15) is 19.3 Å². The Kier molecular flexibility index (Phi) is 8.17. The molecular weight excluding hydrogens is 333 g/mol. The van der Waals surface area contributed by atoms with Crippen LogP contribution < -0.4 is 10.2 Å². The highest BCUT2D eigenvalue weighted by atomic mass is 35.5. The first-order chi connectivity index (χ1) is 10.3. The highest BCUT2D eigenvalue weighted by molar-refractivity contribution is 5.85. The molecule has 130 valence electrons. The van der Waals surface area contributed by atoms with Gasteiger partial charge in [0.15, 0.2) is 0 Å². The third-order valence-corrected chi connectivity index (χ3v) is 4.82. The number of halogens is 2. The quantitative estimate of drug-likeness (QED) is 0.900. The summed E-state index contributed by atoms with van der Waals surface area (Å²) in [6.07, 6.45) is 3.25. The Morgan fingerprint density at radius 3 is 2.61 bits per heavy atom. The van der Waals surface area contributed by atoms with E-state index in [-0.39, 0.29) is 30.7 Å². The fourth-order valence-corrected chi connectivity index (χ4v) is 3.48. The van der Waals surface area contributed by atoms with Crippen molar-refractivity contribution in [3.8, 4) is 0 Å². The zero-order valence-corrected chi connectivity index (χ0v) is 15.2. The van der Waals surface area contributed by atoms with E-state index in [4.69, 9.17) is 0 Å². The molecule has 1 aromatic rings. The van der Waals surface area contributed by atoms with Crippen LogP contribution in [0, 0.1) is 5.92 Å². The molecule has 4 nitrogen and oxygen atoms in total. The maximum atomic E-state index is 12.6. The van der Waals surface area contributed by atoms with Crippen LogP contribution in [-0.2, 0) is 4.79 Å². The lowest BCUT2D eigenvalue weighted by Gasteiger charge is -2.39. The average molecular weight is 360 g/mol. The molecular formula is C17H27Cl2N3O. The molecule has 2 unspecified atom stereocenters. The van der Waals surface area contributed by atoms with Crippen molar-refractivity contribution in [2.75, 3.05) is 38.1 Å².